The zero-order valence-corrected chi connectivity index (χ0v) is 12.9. The minimum absolute atomic E-state index is 0.0940. The summed E-state index contributed by atoms with van der Waals surface area (Å²) in [5.41, 5.74) is 0.599. The lowest BCUT2D eigenvalue weighted by Gasteiger charge is -2.05. The Hall–Kier alpha value is -2.86. The highest BCUT2D eigenvalue weighted by atomic mass is 35.5. The number of nitrogens with one attached hydrogen (secondary N) is 1. The summed E-state index contributed by atoms with van der Waals surface area (Å²) in [5, 5.41) is 14.1. The standard InChI is InChI=1S/C16H13ClN2O4/c1-23-13-6-7-14(15(10-13)19(21)22)18-16(20)8-5-11-3-2-4-12(17)9-11/h2-10H,1H3,(H,18,20)/b8-5-. The number of anilines is 1. The van der Waals surface area contributed by atoms with Crippen LogP contribution < -0.4 is 10.1 Å². The zero-order valence-electron chi connectivity index (χ0n) is 12.2. The molecular formula is C16H13ClN2O4. The monoisotopic (exact) mass is 332 g/mol. The average molecular weight is 333 g/mol. The predicted molar refractivity (Wildman–Crippen MR) is 88.8 cm³/mol. The van der Waals surface area contributed by atoms with E-state index in [0.717, 1.165) is 5.56 Å². The van der Waals surface area contributed by atoms with Crippen LogP contribution in [0.1, 0.15) is 5.56 Å². The molecule has 0 aliphatic heterocycles. The molecule has 0 radical (unpaired) electrons. The number of hydrogen-bond acceptors (Lipinski definition) is 4. The highest BCUT2D eigenvalue weighted by Gasteiger charge is 2.16. The van der Waals surface area contributed by atoms with Gasteiger partial charge in [0.1, 0.15) is 11.4 Å². The van der Waals surface area contributed by atoms with Crippen molar-refractivity contribution in [1.82, 2.24) is 0 Å². The third-order valence-electron chi connectivity index (χ3n) is 2.94. The van der Waals surface area contributed by atoms with Crippen LogP contribution in [0, 0.1) is 10.1 Å². The van der Waals surface area contributed by atoms with Crippen molar-refractivity contribution < 1.29 is 14.5 Å². The fraction of sp³-hybridized carbons (Fsp3) is 0.0625. The lowest BCUT2D eigenvalue weighted by atomic mass is 10.2. The Bertz CT molecular complexity index is 774. The van der Waals surface area contributed by atoms with Crippen LogP contribution in [0.4, 0.5) is 11.4 Å². The summed E-state index contributed by atoms with van der Waals surface area (Å²) in [5.74, 6) is -0.151. The summed E-state index contributed by atoms with van der Waals surface area (Å²) in [6.45, 7) is 0. The van der Waals surface area contributed by atoms with E-state index in [2.05, 4.69) is 5.32 Å². The second kappa shape index (κ2) is 7.42. The van der Waals surface area contributed by atoms with Gasteiger partial charge in [0.25, 0.3) is 5.69 Å². The van der Waals surface area contributed by atoms with Crippen LogP contribution in [0.3, 0.4) is 0 Å². The third kappa shape index (κ3) is 4.55. The lowest BCUT2D eigenvalue weighted by Crippen LogP contribution is -2.09. The van der Waals surface area contributed by atoms with E-state index in [9.17, 15) is 14.9 Å². The molecule has 0 spiro atoms. The first-order valence-electron chi connectivity index (χ1n) is 6.56. The van der Waals surface area contributed by atoms with Crippen molar-refractivity contribution in [3.8, 4) is 5.75 Å². The first-order chi connectivity index (χ1) is 11.0. The second-order valence-electron chi connectivity index (χ2n) is 4.52. The van der Waals surface area contributed by atoms with E-state index in [1.165, 1.54) is 31.4 Å². The molecule has 0 aromatic heterocycles. The van der Waals surface area contributed by atoms with Crippen molar-refractivity contribution in [2.24, 2.45) is 0 Å². The molecule has 0 unspecified atom stereocenters. The molecule has 2 aromatic carbocycles. The van der Waals surface area contributed by atoms with Crippen molar-refractivity contribution in [3.63, 3.8) is 0 Å². The van der Waals surface area contributed by atoms with Gasteiger partial charge in [0, 0.05) is 11.1 Å². The molecule has 7 heteroatoms. The fourth-order valence-corrected chi connectivity index (χ4v) is 2.05. The second-order valence-corrected chi connectivity index (χ2v) is 4.95. The van der Waals surface area contributed by atoms with E-state index in [4.69, 9.17) is 16.3 Å². The number of benzene rings is 2. The number of hydrogen-bond donors (Lipinski definition) is 1. The van der Waals surface area contributed by atoms with Gasteiger partial charge in [-0.05, 0) is 35.9 Å². The Kier molecular flexibility index (Phi) is 5.32. The number of nitrogens with zero attached hydrogens (tertiary/aromatic N) is 1. The van der Waals surface area contributed by atoms with Crippen molar-refractivity contribution in [2.45, 2.75) is 0 Å². The quantitative estimate of drug-likeness (QED) is 0.511. The Balaban J connectivity index is 2.15. The zero-order chi connectivity index (χ0) is 16.8. The van der Waals surface area contributed by atoms with Crippen LogP contribution in [-0.2, 0) is 4.79 Å². The number of nitro benzene ring substituents is 1. The van der Waals surface area contributed by atoms with Crippen LogP contribution >= 0.6 is 11.6 Å². The molecule has 0 aliphatic carbocycles. The van der Waals surface area contributed by atoms with Crippen molar-refractivity contribution >= 4 is 35.0 Å². The molecule has 0 heterocycles. The largest absolute Gasteiger partial charge is 0.496 e. The first-order valence-corrected chi connectivity index (χ1v) is 6.94. The van der Waals surface area contributed by atoms with Gasteiger partial charge < -0.3 is 10.1 Å². The Morgan fingerprint density at radius 3 is 2.74 bits per heavy atom. The normalized spacial score (nSPS) is 10.5. The van der Waals surface area contributed by atoms with Gasteiger partial charge in [0.2, 0.25) is 5.91 Å². The van der Waals surface area contributed by atoms with Crippen LogP contribution in [0.15, 0.2) is 48.5 Å². The van der Waals surface area contributed by atoms with Gasteiger partial charge in [-0.2, -0.15) is 0 Å². The summed E-state index contributed by atoms with van der Waals surface area (Å²) in [7, 11) is 1.41. The summed E-state index contributed by atoms with van der Waals surface area (Å²) < 4.78 is 4.94. The topological polar surface area (TPSA) is 81.5 Å². The maximum Gasteiger partial charge on any atom is 0.296 e. The van der Waals surface area contributed by atoms with E-state index < -0.39 is 10.8 Å². The van der Waals surface area contributed by atoms with Gasteiger partial charge >= 0.3 is 0 Å². The molecular weight excluding hydrogens is 320 g/mol. The number of amides is 1. The molecule has 0 bridgehead atoms. The first kappa shape index (κ1) is 16.5. The maximum absolute atomic E-state index is 11.9. The smallest absolute Gasteiger partial charge is 0.296 e. The highest BCUT2D eigenvalue weighted by Crippen LogP contribution is 2.28. The molecule has 0 fully saturated rings. The van der Waals surface area contributed by atoms with Crippen molar-refractivity contribution in [2.75, 3.05) is 12.4 Å². The van der Waals surface area contributed by atoms with Crippen molar-refractivity contribution in [1.29, 1.82) is 0 Å². The Morgan fingerprint density at radius 2 is 2.09 bits per heavy atom. The molecule has 6 nitrogen and oxygen atoms in total. The Morgan fingerprint density at radius 1 is 1.30 bits per heavy atom. The predicted octanol–water partition coefficient (Wildman–Crippen LogP) is 3.91. The van der Waals surface area contributed by atoms with E-state index in [1.807, 2.05) is 0 Å². The molecule has 23 heavy (non-hydrogen) atoms. The molecule has 2 aromatic rings. The van der Waals surface area contributed by atoms with Crippen LogP contribution in [-0.4, -0.2) is 17.9 Å². The number of ether oxygens (including phenoxy) is 1. The van der Waals surface area contributed by atoms with Gasteiger partial charge in [-0.3, -0.25) is 14.9 Å². The molecule has 1 amide bonds. The fourth-order valence-electron chi connectivity index (χ4n) is 1.85. The van der Waals surface area contributed by atoms with E-state index >= 15 is 0 Å². The number of halogens is 1. The lowest BCUT2D eigenvalue weighted by molar-refractivity contribution is -0.384. The molecule has 1 N–H and O–H groups in total. The molecule has 0 aliphatic rings. The van der Waals surface area contributed by atoms with Crippen LogP contribution in [0.5, 0.6) is 5.75 Å². The minimum Gasteiger partial charge on any atom is -0.496 e. The number of methoxy groups -OCH3 is 1. The van der Waals surface area contributed by atoms with Crippen LogP contribution in [0.25, 0.3) is 6.08 Å². The number of carbonyl (C=O) groups excluding carboxylic acids is 1. The van der Waals surface area contributed by atoms with E-state index in [1.54, 1.807) is 30.3 Å². The maximum atomic E-state index is 11.9. The van der Waals surface area contributed by atoms with Gasteiger partial charge in [-0.15, -0.1) is 0 Å². The SMILES string of the molecule is COc1ccc(NC(=O)/C=C\c2cccc(Cl)c2)c([N+](=O)[O-])c1. The molecule has 0 saturated carbocycles. The average Bonchev–Trinajstić information content (AvgIpc) is 2.53. The summed E-state index contributed by atoms with van der Waals surface area (Å²) >= 11 is 5.85. The number of rotatable bonds is 5. The Labute approximate surface area is 137 Å². The molecule has 2 rings (SSSR count). The van der Waals surface area contributed by atoms with Gasteiger partial charge in [0.05, 0.1) is 18.1 Å². The van der Waals surface area contributed by atoms with E-state index in [-0.39, 0.29) is 11.4 Å². The van der Waals surface area contributed by atoms with Crippen molar-refractivity contribution in [3.05, 3.63) is 69.2 Å². The summed E-state index contributed by atoms with van der Waals surface area (Å²) in [4.78, 5) is 22.4. The minimum atomic E-state index is -0.585. The molecule has 0 atom stereocenters. The summed E-state index contributed by atoms with van der Waals surface area (Å²) in [6.07, 6.45) is 2.84. The highest BCUT2D eigenvalue weighted by molar-refractivity contribution is 6.30. The van der Waals surface area contributed by atoms with Gasteiger partial charge in [0.15, 0.2) is 0 Å². The van der Waals surface area contributed by atoms with Gasteiger partial charge in [-0.25, -0.2) is 0 Å². The number of nitro groups is 1. The summed E-state index contributed by atoms with van der Waals surface area (Å²) in [6, 6.07) is 11.2. The molecule has 118 valence electrons. The third-order valence-corrected chi connectivity index (χ3v) is 3.17. The van der Waals surface area contributed by atoms with Crippen LogP contribution in [0.2, 0.25) is 5.02 Å². The number of carbonyl (C=O) groups is 1. The molecule has 0 saturated heterocycles. The van der Waals surface area contributed by atoms with E-state index in [0.29, 0.717) is 10.8 Å². The van der Waals surface area contributed by atoms with Gasteiger partial charge in [-0.1, -0.05) is 23.7 Å².